The van der Waals surface area contributed by atoms with Crippen LogP contribution in [0, 0.1) is 5.41 Å². The summed E-state index contributed by atoms with van der Waals surface area (Å²) in [6.45, 7) is 5.64. The first-order valence-corrected chi connectivity index (χ1v) is 6.90. The zero-order valence-electron chi connectivity index (χ0n) is 10.9. The monoisotopic (exact) mass is 246 g/mol. The van der Waals surface area contributed by atoms with Crippen molar-refractivity contribution in [2.24, 2.45) is 5.41 Å². The van der Waals surface area contributed by atoms with Crippen molar-refractivity contribution >= 4 is 5.69 Å². The van der Waals surface area contributed by atoms with Crippen molar-refractivity contribution in [2.75, 3.05) is 38.6 Å². The van der Waals surface area contributed by atoms with Crippen molar-refractivity contribution in [1.29, 1.82) is 0 Å². The molecule has 1 spiro atoms. The van der Waals surface area contributed by atoms with Gasteiger partial charge in [-0.15, -0.1) is 0 Å². The topological polar surface area (TPSA) is 38.5 Å². The third-order valence-corrected chi connectivity index (χ3v) is 4.37. The van der Waals surface area contributed by atoms with Crippen molar-refractivity contribution in [1.82, 2.24) is 4.90 Å². The fraction of sp³-hybridized carbons (Fsp3) is 0.600. The number of anilines is 1. The van der Waals surface area contributed by atoms with Gasteiger partial charge in [0.15, 0.2) is 0 Å². The second-order valence-electron chi connectivity index (χ2n) is 5.81. The first kappa shape index (κ1) is 12.0. The van der Waals surface area contributed by atoms with Gasteiger partial charge in [-0.2, -0.15) is 0 Å². The molecule has 2 aliphatic heterocycles. The molecule has 3 heteroatoms. The fourth-order valence-electron chi connectivity index (χ4n) is 3.15. The summed E-state index contributed by atoms with van der Waals surface area (Å²) in [7, 11) is 0. The van der Waals surface area contributed by atoms with E-state index in [-0.39, 0.29) is 0 Å². The van der Waals surface area contributed by atoms with E-state index in [1.807, 2.05) is 12.1 Å². The van der Waals surface area contributed by atoms with Crippen LogP contribution < -0.4 is 5.73 Å². The maximum atomic E-state index is 5.69. The Labute approximate surface area is 109 Å². The molecule has 0 radical (unpaired) electrons. The van der Waals surface area contributed by atoms with E-state index in [0.717, 1.165) is 25.3 Å². The van der Waals surface area contributed by atoms with E-state index in [4.69, 9.17) is 10.5 Å². The average molecular weight is 246 g/mol. The first-order valence-electron chi connectivity index (χ1n) is 6.90. The molecule has 0 bridgehead atoms. The lowest BCUT2D eigenvalue weighted by Crippen LogP contribution is -2.58. The van der Waals surface area contributed by atoms with Crippen molar-refractivity contribution in [3.05, 3.63) is 29.8 Å². The lowest BCUT2D eigenvalue weighted by atomic mass is 9.73. The zero-order valence-corrected chi connectivity index (χ0v) is 10.9. The summed E-state index contributed by atoms with van der Waals surface area (Å²) >= 11 is 0. The summed E-state index contributed by atoms with van der Waals surface area (Å²) in [6.07, 6.45) is 3.64. The zero-order chi connectivity index (χ0) is 12.4. The second-order valence-corrected chi connectivity index (χ2v) is 5.81. The van der Waals surface area contributed by atoms with Crippen LogP contribution in [0.1, 0.15) is 18.4 Å². The van der Waals surface area contributed by atoms with Crippen LogP contribution >= 0.6 is 0 Å². The SMILES string of the molecule is Nc1ccc(CCN2CC3(CCOCC3)C2)cc1. The third-order valence-electron chi connectivity index (χ3n) is 4.37. The van der Waals surface area contributed by atoms with E-state index >= 15 is 0 Å². The number of likely N-dealkylation sites (tertiary alicyclic amines) is 1. The number of nitrogens with zero attached hydrogens (tertiary/aromatic N) is 1. The van der Waals surface area contributed by atoms with Gasteiger partial charge in [0.25, 0.3) is 0 Å². The number of hydrogen-bond acceptors (Lipinski definition) is 3. The summed E-state index contributed by atoms with van der Waals surface area (Å²) in [4.78, 5) is 2.57. The van der Waals surface area contributed by atoms with E-state index < -0.39 is 0 Å². The van der Waals surface area contributed by atoms with E-state index in [9.17, 15) is 0 Å². The van der Waals surface area contributed by atoms with Gasteiger partial charge >= 0.3 is 0 Å². The van der Waals surface area contributed by atoms with Crippen molar-refractivity contribution in [3.63, 3.8) is 0 Å². The Morgan fingerprint density at radius 2 is 1.78 bits per heavy atom. The second kappa shape index (κ2) is 4.90. The molecule has 18 heavy (non-hydrogen) atoms. The van der Waals surface area contributed by atoms with Crippen LogP contribution in [0.5, 0.6) is 0 Å². The average Bonchev–Trinajstić information content (AvgIpc) is 2.37. The minimum Gasteiger partial charge on any atom is -0.399 e. The molecule has 1 aromatic rings. The third kappa shape index (κ3) is 2.52. The lowest BCUT2D eigenvalue weighted by Gasteiger charge is -2.52. The Balaban J connectivity index is 1.44. The summed E-state index contributed by atoms with van der Waals surface area (Å²) in [5.74, 6) is 0. The van der Waals surface area contributed by atoms with Crippen LogP contribution in [0.3, 0.4) is 0 Å². The number of nitrogens with two attached hydrogens (primary N) is 1. The molecule has 0 aromatic heterocycles. The smallest absolute Gasteiger partial charge is 0.0472 e. The molecule has 0 atom stereocenters. The van der Waals surface area contributed by atoms with E-state index in [1.165, 1.54) is 38.0 Å². The molecule has 2 fully saturated rings. The normalized spacial score (nSPS) is 22.9. The Kier molecular flexibility index (Phi) is 3.27. The Bertz CT molecular complexity index is 387. The van der Waals surface area contributed by atoms with E-state index in [0.29, 0.717) is 5.41 Å². The van der Waals surface area contributed by atoms with Crippen molar-refractivity contribution in [2.45, 2.75) is 19.3 Å². The number of hydrogen-bond donors (Lipinski definition) is 1. The Hall–Kier alpha value is -1.06. The van der Waals surface area contributed by atoms with Gasteiger partial charge in [-0.05, 0) is 37.0 Å². The van der Waals surface area contributed by atoms with Gasteiger partial charge in [-0.3, -0.25) is 0 Å². The van der Waals surface area contributed by atoms with Gasteiger partial charge in [0.2, 0.25) is 0 Å². The standard InChI is InChI=1S/C15H22N2O/c16-14-3-1-13(2-4-14)5-8-17-11-15(12-17)6-9-18-10-7-15/h1-4H,5-12,16H2. The molecular weight excluding hydrogens is 224 g/mol. The van der Waals surface area contributed by atoms with Crippen LogP contribution in [0.15, 0.2) is 24.3 Å². The molecule has 2 N–H and O–H groups in total. The molecule has 0 unspecified atom stereocenters. The summed E-state index contributed by atoms with van der Waals surface area (Å²) in [5, 5.41) is 0. The molecule has 0 saturated carbocycles. The minimum absolute atomic E-state index is 0.597. The van der Waals surface area contributed by atoms with Gasteiger partial charge in [0, 0.05) is 44.0 Å². The highest BCUT2D eigenvalue weighted by atomic mass is 16.5. The fourth-order valence-corrected chi connectivity index (χ4v) is 3.15. The number of benzene rings is 1. The molecule has 3 nitrogen and oxygen atoms in total. The van der Waals surface area contributed by atoms with Crippen molar-refractivity contribution in [3.8, 4) is 0 Å². The summed E-state index contributed by atoms with van der Waals surface area (Å²) in [6, 6.07) is 8.26. The first-order chi connectivity index (χ1) is 8.76. The maximum absolute atomic E-state index is 5.69. The Morgan fingerprint density at radius 1 is 1.11 bits per heavy atom. The number of nitrogen functional groups attached to an aromatic ring is 1. The maximum Gasteiger partial charge on any atom is 0.0472 e. The minimum atomic E-state index is 0.597. The highest BCUT2D eigenvalue weighted by Gasteiger charge is 2.43. The molecule has 98 valence electrons. The van der Waals surface area contributed by atoms with E-state index in [2.05, 4.69) is 17.0 Å². The van der Waals surface area contributed by atoms with Crippen LogP contribution in [0.4, 0.5) is 5.69 Å². The van der Waals surface area contributed by atoms with Crippen LogP contribution in [-0.2, 0) is 11.2 Å². The lowest BCUT2D eigenvalue weighted by molar-refractivity contribution is -0.0797. The predicted molar refractivity (Wildman–Crippen MR) is 73.5 cm³/mol. The van der Waals surface area contributed by atoms with E-state index in [1.54, 1.807) is 0 Å². The quantitative estimate of drug-likeness (QED) is 0.828. The van der Waals surface area contributed by atoms with Gasteiger partial charge in [0.1, 0.15) is 0 Å². The van der Waals surface area contributed by atoms with Gasteiger partial charge in [0.05, 0.1) is 0 Å². The number of rotatable bonds is 3. The van der Waals surface area contributed by atoms with Gasteiger partial charge in [-0.25, -0.2) is 0 Å². The molecule has 0 aliphatic carbocycles. The number of ether oxygens (including phenoxy) is 1. The molecule has 2 saturated heterocycles. The molecule has 1 aromatic carbocycles. The highest BCUT2D eigenvalue weighted by molar-refractivity contribution is 5.39. The van der Waals surface area contributed by atoms with Gasteiger partial charge in [-0.1, -0.05) is 12.1 Å². The van der Waals surface area contributed by atoms with Crippen molar-refractivity contribution < 1.29 is 4.74 Å². The summed E-state index contributed by atoms with van der Waals surface area (Å²) < 4.78 is 5.45. The van der Waals surface area contributed by atoms with Crippen LogP contribution in [-0.4, -0.2) is 37.7 Å². The predicted octanol–water partition coefficient (Wildman–Crippen LogP) is 1.92. The molecular formula is C15H22N2O. The summed E-state index contributed by atoms with van der Waals surface area (Å²) in [5.41, 5.74) is 8.52. The Morgan fingerprint density at radius 3 is 2.44 bits per heavy atom. The molecule has 2 aliphatic rings. The largest absolute Gasteiger partial charge is 0.399 e. The molecule has 2 heterocycles. The van der Waals surface area contributed by atoms with Crippen LogP contribution in [0.25, 0.3) is 0 Å². The van der Waals surface area contributed by atoms with Gasteiger partial charge < -0.3 is 15.4 Å². The molecule has 0 amide bonds. The molecule has 3 rings (SSSR count). The van der Waals surface area contributed by atoms with Crippen LogP contribution in [0.2, 0.25) is 0 Å². The highest BCUT2D eigenvalue weighted by Crippen LogP contribution is 2.39.